The van der Waals surface area contributed by atoms with E-state index in [1.165, 1.54) is 9.47 Å². The van der Waals surface area contributed by atoms with Crippen molar-refractivity contribution < 1.29 is 27.3 Å². The van der Waals surface area contributed by atoms with Gasteiger partial charge in [-0.15, -0.1) is 0 Å². The lowest BCUT2D eigenvalue weighted by Crippen LogP contribution is -2.50. The van der Waals surface area contributed by atoms with Crippen LogP contribution in [0.5, 0.6) is 0 Å². The first kappa shape index (κ1) is 21.4. The molecule has 1 aliphatic rings. The van der Waals surface area contributed by atoms with E-state index < -0.39 is 28.1 Å². The van der Waals surface area contributed by atoms with E-state index in [-0.39, 0.29) is 44.3 Å². The number of aromatic nitrogens is 1. The standard InChI is InChI=1S/C20H17F3N4O5/c21-20(22,23)13-5-6-14(16(11-13)27(30)31)24-7-9-25(10-8-24)18(28)12-26-15-3-1-2-4-17(15)32-19(26)29/h1-6,11H,7-10,12H2. The monoisotopic (exact) mass is 450 g/mol. The van der Waals surface area contributed by atoms with Crippen LogP contribution in [0.1, 0.15) is 5.56 Å². The summed E-state index contributed by atoms with van der Waals surface area (Å²) in [5.41, 5.74) is -0.822. The van der Waals surface area contributed by atoms with Crippen LogP contribution in [0.15, 0.2) is 51.7 Å². The van der Waals surface area contributed by atoms with E-state index in [1.807, 2.05) is 0 Å². The smallest absolute Gasteiger partial charge is 0.408 e. The molecule has 0 unspecified atom stereocenters. The van der Waals surface area contributed by atoms with Crippen molar-refractivity contribution in [3.05, 3.63) is 68.7 Å². The van der Waals surface area contributed by atoms with Crippen LogP contribution >= 0.6 is 0 Å². The molecule has 0 saturated carbocycles. The summed E-state index contributed by atoms with van der Waals surface area (Å²) in [7, 11) is 0. The molecular weight excluding hydrogens is 433 g/mol. The zero-order valence-corrected chi connectivity index (χ0v) is 16.5. The first-order chi connectivity index (χ1) is 15.1. The van der Waals surface area contributed by atoms with Gasteiger partial charge in [0.25, 0.3) is 5.69 Å². The average Bonchev–Trinajstić information content (AvgIpc) is 3.07. The number of alkyl halides is 3. The van der Waals surface area contributed by atoms with Gasteiger partial charge in [-0.25, -0.2) is 4.79 Å². The number of hydrogen-bond acceptors (Lipinski definition) is 6. The molecule has 0 radical (unpaired) electrons. The number of carbonyl (C=O) groups is 1. The molecule has 0 aliphatic carbocycles. The van der Waals surface area contributed by atoms with Crippen LogP contribution in [-0.4, -0.2) is 46.5 Å². The third-order valence-corrected chi connectivity index (χ3v) is 5.34. The van der Waals surface area contributed by atoms with Gasteiger partial charge in [0.05, 0.1) is 16.0 Å². The Morgan fingerprint density at radius 3 is 2.44 bits per heavy atom. The number of fused-ring (bicyclic) bond motifs is 1. The lowest BCUT2D eigenvalue weighted by Gasteiger charge is -2.36. The van der Waals surface area contributed by atoms with Crippen molar-refractivity contribution in [1.29, 1.82) is 0 Å². The Morgan fingerprint density at radius 1 is 1.09 bits per heavy atom. The van der Waals surface area contributed by atoms with Crippen LogP contribution in [0.4, 0.5) is 24.5 Å². The van der Waals surface area contributed by atoms with Gasteiger partial charge < -0.3 is 14.2 Å². The van der Waals surface area contributed by atoms with Gasteiger partial charge in [-0.05, 0) is 24.3 Å². The fraction of sp³-hybridized carbons (Fsp3) is 0.300. The van der Waals surface area contributed by atoms with E-state index in [9.17, 15) is 32.9 Å². The SMILES string of the molecule is O=C(Cn1c(=O)oc2ccccc21)N1CCN(c2ccc(C(F)(F)F)cc2[N+](=O)[O-])CC1. The van der Waals surface area contributed by atoms with Crippen LogP contribution in [0, 0.1) is 10.1 Å². The molecule has 2 heterocycles. The van der Waals surface area contributed by atoms with Crippen molar-refractivity contribution >= 4 is 28.4 Å². The van der Waals surface area contributed by atoms with Gasteiger partial charge in [0, 0.05) is 32.2 Å². The molecule has 1 aromatic heterocycles. The summed E-state index contributed by atoms with van der Waals surface area (Å²) in [5, 5.41) is 11.3. The van der Waals surface area contributed by atoms with Crippen LogP contribution in [0.3, 0.4) is 0 Å². The van der Waals surface area contributed by atoms with Crippen molar-refractivity contribution in [1.82, 2.24) is 9.47 Å². The lowest BCUT2D eigenvalue weighted by atomic mass is 10.1. The molecule has 4 rings (SSSR count). The molecule has 1 amide bonds. The zero-order chi connectivity index (χ0) is 23.0. The fourth-order valence-electron chi connectivity index (χ4n) is 3.71. The summed E-state index contributed by atoms with van der Waals surface area (Å²) in [5.74, 6) is -0.987. The summed E-state index contributed by atoms with van der Waals surface area (Å²) in [4.78, 5) is 38.3. The Bertz CT molecular complexity index is 1240. The summed E-state index contributed by atoms with van der Waals surface area (Å²) >= 11 is 0. The van der Waals surface area contributed by atoms with Crippen molar-refractivity contribution in [3.63, 3.8) is 0 Å². The minimum Gasteiger partial charge on any atom is -0.408 e. The number of anilines is 1. The third kappa shape index (κ3) is 4.03. The van der Waals surface area contributed by atoms with Gasteiger partial charge in [0.15, 0.2) is 5.58 Å². The molecule has 1 fully saturated rings. The predicted octanol–water partition coefficient (Wildman–Crippen LogP) is 2.87. The number of nitro groups is 1. The summed E-state index contributed by atoms with van der Waals surface area (Å²) in [6.07, 6.45) is -4.69. The largest absolute Gasteiger partial charge is 0.420 e. The first-order valence-electron chi connectivity index (χ1n) is 9.62. The van der Waals surface area contributed by atoms with E-state index in [0.717, 1.165) is 12.1 Å². The Morgan fingerprint density at radius 2 is 1.78 bits per heavy atom. The van der Waals surface area contributed by atoms with Gasteiger partial charge >= 0.3 is 11.9 Å². The maximum Gasteiger partial charge on any atom is 0.420 e. The van der Waals surface area contributed by atoms with Crippen molar-refractivity contribution in [2.75, 3.05) is 31.1 Å². The zero-order valence-electron chi connectivity index (χ0n) is 16.5. The molecule has 0 spiro atoms. The normalized spacial score (nSPS) is 14.7. The molecule has 1 aliphatic heterocycles. The quantitative estimate of drug-likeness (QED) is 0.448. The molecule has 0 atom stereocenters. The molecule has 0 bridgehead atoms. The topological polar surface area (TPSA) is 102 Å². The van der Waals surface area contributed by atoms with Gasteiger partial charge in [-0.2, -0.15) is 13.2 Å². The highest BCUT2D eigenvalue weighted by Crippen LogP contribution is 2.36. The highest BCUT2D eigenvalue weighted by atomic mass is 19.4. The molecule has 32 heavy (non-hydrogen) atoms. The number of hydrogen-bond donors (Lipinski definition) is 0. The first-order valence-corrected chi connectivity index (χ1v) is 9.62. The number of piperazine rings is 1. The predicted molar refractivity (Wildman–Crippen MR) is 107 cm³/mol. The van der Waals surface area contributed by atoms with E-state index in [0.29, 0.717) is 17.2 Å². The number of halogens is 3. The maximum atomic E-state index is 12.9. The Balaban J connectivity index is 1.47. The molecule has 3 aromatic rings. The highest BCUT2D eigenvalue weighted by Gasteiger charge is 2.34. The summed E-state index contributed by atoms with van der Waals surface area (Å²) < 4.78 is 45.1. The molecule has 12 heteroatoms. The minimum atomic E-state index is -4.69. The van der Waals surface area contributed by atoms with E-state index in [4.69, 9.17) is 4.42 Å². The van der Waals surface area contributed by atoms with Crippen molar-refractivity contribution in [3.8, 4) is 0 Å². The fourth-order valence-corrected chi connectivity index (χ4v) is 3.71. The number of para-hydroxylation sites is 2. The van der Waals surface area contributed by atoms with Crippen LogP contribution in [0.25, 0.3) is 11.1 Å². The van der Waals surface area contributed by atoms with E-state index in [2.05, 4.69) is 0 Å². The molecule has 168 valence electrons. The average molecular weight is 450 g/mol. The van der Waals surface area contributed by atoms with Crippen molar-refractivity contribution in [2.45, 2.75) is 12.7 Å². The Hall–Kier alpha value is -3.83. The third-order valence-electron chi connectivity index (χ3n) is 5.34. The van der Waals surface area contributed by atoms with E-state index in [1.54, 1.807) is 29.2 Å². The summed E-state index contributed by atoms with van der Waals surface area (Å²) in [6, 6.07) is 9.10. The van der Waals surface area contributed by atoms with Gasteiger partial charge in [0.2, 0.25) is 5.91 Å². The van der Waals surface area contributed by atoms with Crippen molar-refractivity contribution in [2.24, 2.45) is 0 Å². The molecule has 1 saturated heterocycles. The molecule has 9 nitrogen and oxygen atoms in total. The Labute approximate surface area is 178 Å². The minimum absolute atomic E-state index is 0.0622. The van der Waals surface area contributed by atoms with Crippen LogP contribution in [0.2, 0.25) is 0 Å². The van der Waals surface area contributed by atoms with Gasteiger partial charge in [-0.1, -0.05) is 12.1 Å². The maximum absolute atomic E-state index is 12.9. The molecule has 2 aromatic carbocycles. The van der Waals surface area contributed by atoms with E-state index >= 15 is 0 Å². The molecular formula is C20H17F3N4O5. The lowest BCUT2D eigenvalue weighted by molar-refractivity contribution is -0.384. The number of oxazole rings is 1. The number of benzene rings is 2. The number of amides is 1. The second kappa shape index (κ2) is 8.02. The number of carbonyl (C=O) groups excluding carboxylic acids is 1. The summed E-state index contributed by atoms with van der Waals surface area (Å²) in [6.45, 7) is 0.553. The number of nitro benzene ring substituents is 1. The second-order valence-electron chi connectivity index (χ2n) is 7.25. The van der Waals surface area contributed by atoms with Crippen LogP contribution in [-0.2, 0) is 17.5 Å². The van der Waals surface area contributed by atoms with Gasteiger partial charge in [0.1, 0.15) is 12.2 Å². The van der Waals surface area contributed by atoms with Crippen LogP contribution < -0.4 is 10.7 Å². The second-order valence-corrected chi connectivity index (χ2v) is 7.25. The number of nitrogens with zero attached hydrogens (tertiary/aromatic N) is 4. The highest BCUT2D eigenvalue weighted by molar-refractivity contribution is 5.80. The Kier molecular flexibility index (Phi) is 5.36. The number of rotatable bonds is 4. The van der Waals surface area contributed by atoms with Gasteiger partial charge in [-0.3, -0.25) is 19.5 Å². The molecule has 0 N–H and O–H groups in total.